The molecule has 0 N–H and O–H groups in total. The molecular formula is C23H30N2O3. The van der Waals surface area contributed by atoms with Gasteiger partial charge in [0.2, 0.25) is 0 Å². The molecule has 150 valence electrons. The average Bonchev–Trinajstić information content (AvgIpc) is 2.68. The van der Waals surface area contributed by atoms with Gasteiger partial charge >= 0.3 is 5.97 Å². The van der Waals surface area contributed by atoms with Gasteiger partial charge in [0.1, 0.15) is 5.54 Å². The van der Waals surface area contributed by atoms with Crippen molar-refractivity contribution in [2.45, 2.75) is 64.1 Å². The third-order valence-corrected chi connectivity index (χ3v) is 7.94. The summed E-state index contributed by atoms with van der Waals surface area (Å²) in [5.74, 6) is 1.63. The fraction of sp³-hybridized carbons (Fsp3) is 0.652. The highest BCUT2D eigenvalue weighted by Gasteiger charge is 2.65. The number of hydrogen-bond donors (Lipinski definition) is 0. The van der Waals surface area contributed by atoms with Crippen LogP contribution in [0.25, 0.3) is 0 Å². The monoisotopic (exact) mass is 382 g/mol. The zero-order chi connectivity index (χ0) is 19.7. The molecule has 4 aliphatic carbocycles. The van der Waals surface area contributed by atoms with Crippen molar-refractivity contribution in [2.75, 3.05) is 7.11 Å². The Morgan fingerprint density at radius 3 is 2.36 bits per heavy atom. The molecule has 1 aromatic carbocycles. The first-order valence-electron chi connectivity index (χ1n) is 10.6. The minimum atomic E-state index is -0.468. The van der Waals surface area contributed by atoms with Crippen LogP contribution in [0, 0.1) is 23.2 Å². The van der Waals surface area contributed by atoms with Crippen molar-refractivity contribution in [3.63, 3.8) is 0 Å². The molecule has 1 aromatic rings. The zero-order valence-corrected chi connectivity index (χ0v) is 17.1. The van der Waals surface area contributed by atoms with Crippen LogP contribution in [0.2, 0.25) is 0 Å². The lowest BCUT2D eigenvalue weighted by Gasteiger charge is -2.66. The second kappa shape index (κ2) is 6.06. The van der Waals surface area contributed by atoms with Crippen LogP contribution in [0.4, 0.5) is 0 Å². The third-order valence-electron chi connectivity index (χ3n) is 7.94. The van der Waals surface area contributed by atoms with Crippen molar-refractivity contribution in [3.8, 4) is 0 Å². The minimum absolute atomic E-state index is 0.0262. The predicted octanol–water partition coefficient (Wildman–Crippen LogP) is 3.39. The first-order valence-corrected chi connectivity index (χ1v) is 10.6. The fourth-order valence-electron chi connectivity index (χ4n) is 6.91. The highest BCUT2D eigenvalue weighted by molar-refractivity contribution is 5.90. The van der Waals surface area contributed by atoms with Gasteiger partial charge in [-0.05, 0) is 69.3 Å². The fourth-order valence-corrected chi connectivity index (χ4v) is 6.91. The molecule has 4 saturated carbocycles. The second-order valence-corrected chi connectivity index (χ2v) is 9.98. The quantitative estimate of drug-likeness (QED) is 0.749. The number of rotatable bonds is 4. The van der Waals surface area contributed by atoms with Gasteiger partial charge in [-0.15, -0.1) is 0 Å². The Labute approximate surface area is 167 Å². The van der Waals surface area contributed by atoms with Gasteiger partial charge in [0, 0.05) is 6.54 Å². The van der Waals surface area contributed by atoms with E-state index in [1.807, 2.05) is 19.9 Å². The Morgan fingerprint density at radius 1 is 1.11 bits per heavy atom. The molecule has 0 radical (unpaired) electrons. The number of benzene rings is 1. The Kier molecular flexibility index (Phi) is 3.93. The molecule has 28 heavy (non-hydrogen) atoms. The Hall–Kier alpha value is -1.88. The topological polar surface area (TPSA) is 49.9 Å². The van der Waals surface area contributed by atoms with Crippen molar-refractivity contribution in [2.24, 2.45) is 23.2 Å². The third kappa shape index (κ3) is 2.41. The number of carbonyl (C=O) groups is 2. The number of esters is 1. The van der Waals surface area contributed by atoms with Crippen molar-refractivity contribution in [1.82, 2.24) is 10.0 Å². The van der Waals surface area contributed by atoms with Gasteiger partial charge in [-0.3, -0.25) is 14.6 Å². The van der Waals surface area contributed by atoms with E-state index in [1.54, 1.807) is 0 Å². The van der Waals surface area contributed by atoms with Crippen molar-refractivity contribution in [3.05, 3.63) is 35.9 Å². The first kappa shape index (κ1) is 18.2. The molecule has 4 bridgehead atoms. The number of hydrazine groups is 1. The van der Waals surface area contributed by atoms with Gasteiger partial charge in [0.05, 0.1) is 18.6 Å². The van der Waals surface area contributed by atoms with Crippen molar-refractivity contribution >= 4 is 11.9 Å². The smallest absolute Gasteiger partial charge is 0.311 e. The van der Waals surface area contributed by atoms with E-state index in [2.05, 4.69) is 34.3 Å². The molecule has 1 amide bonds. The lowest BCUT2D eigenvalue weighted by molar-refractivity contribution is -0.257. The number of carbonyl (C=O) groups excluding carboxylic acids is 2. The standard InChI is InChI=1S/C23H30N2O3/c1-22(2)20(26)25(24(22)14-15-7-5-4-6-8-15)19-17-9-16-10-18(19)13-23(11-16,12-17)21(27)28-3/h4-8,16-19H,9-14H2,1-3H3. The molecule has 2 unspecified atom stereocenters. The van der Waals surface area contributed by atoms with Crippen LogP contribution in [0.3, 0.4) is 0 Å². The molecule has 1 aliphatic heterocycles. The predicted molar refractivity (Wildman–Crippen MR) is 105 cm³/mol. The summed E-state index contributed by atoms with van der Waals surface area (Å²) in [4.78, 5) is 25.8. The van der Waals surface area contributed by atoms with Crippen LogP contribution in [0.15, 0.2) is 30.3 Å². The maximum Gasteiger partial charge on any atom is 0.311 e. The minimum Gasteiger partial charge on any atom is -0.469 e. The van der Waals surface area contributed by atoms with Crippen molar-refractivity contribution in [1.29, 1.82) is 0 Å². The van der Waals surface area contributed by atoms with Crippen LogP contribution >= 0.6 is 0 Å². The SMILES string of the molecule is COC(=O)C12CC3CC(C1)C(N1C(=O)C(C)(C)N1Cc1ccccc1)C(C3)C2. The summed E-state index contributed by atoms with van der Waals surface area (Å²) >= 11 is 0. The molecule has 6 rings (SSSR count). The molecule has 2 atom stereocenters. The van der Waals surface area contributed by atoms with E-state index in [4.69, 9.17) is 4.74 Å². The summed E-state index contributed by atoms with van der Waals surface area (Å²) < 4.78 is 5.20. The van der Waals surface area contributed by atoms with E-state index < -0.39 is 5.54 Å². The van der Waals surface area contributed by atoms with E-state index in [0.29, 0.717) is 17.8 Å². The van der Waals surface area contributed by atoms with Gasteiger partial charge < -0.3 is 4.74 Å². The van der Waals surface area contributed by atoms with E-state index in [1.165, 1.54) is 12.7 Å². The molecule has 1 heterocycles. The van der Waals surface area contributed by atoms with Gasteiger partial charge in [0.25, 0.3) is 5.91 Å². The molecular weight excluding hydrogens is 352 g/mol. The summed E-state index contributed by atoms with van der Waals surface area (Å²) in [5.41, 5.74) is 0.461. The second-order valence-electron chi connectivity index (χ2n) is 9.98. The normalized spacial score (nSPS) is 38.4. The van der Waals surface area contributed by atoms with Crippen LogP contribution in [-0.4, -0.2) is 40.6 Å². The Bertz CT molecular complexity index is 789. The molecule has 5 nitrogen and oxygen atoms in total. The summed E-state index contributed by atoms with van der Waals surface area (Å²) in [6.07, 6.45) is 5.01. The lowest BCUT2D eigenvalue weighted by Crippen LogP contribution is -2.79. The van der Waals surface area contributed by atoms with E-state index in [-0.39, 0.29) is 23.3 Å². The summed E-state index contributed by atoms with van der Waals surface area (Å²) in [6, 6.07) is 10.6. The summed E-state index contributed by atoms with van der Waals surface area (Å²) in [5, 5.41) is 4.34. The van der Waals surface area contributed by atoms with Crippen LogP contribution in [0.5, 0.6) is 0 Å². The van der Waals surface area contributed by atoms with Crippen LogP contribution < -0.4 is 0 Å². The Balaban J connectivity index is 1.43. The maximum absolute atomic E-state index is 13.2. The van der Waals surface area contributed by atoms with Crippen molar-refractivity contribution < 1.29 is 14.3 Å². The maximum atomic E-state index is 13.2. The van der Waals surface area contributed by atoms with E-state index in [0.717, 1.165) is 38.6 Å². The average molecular weight is 383 g/mol. The zero-order valence-electron chi connectivity index (χ0n) is 17.1. The highest BCUT2D eigenvalue weighted by Crippen LogP contribution is 2.62. The molecule has 0 spiro atoms. The number of methoxy groups -OCH3 is 1. The number of hydrogen-bond acceptors (Lipinski definition) is 4. The van der Waals surface area contributed by atoms with Gasteiger partial charge in [-0.2, -0.15) is 5.01 Å². The largest absolute Gasteiger partial charge is 0.469 e. The molecule has 5 aliphatic rings. The van der Waals surface area contributed by atoms with Gasteiger partial charge in [0.15, 0.2) is 0 Å². The first-order chi connectivity index (χ1) is 13.4. The highest BCUT2D eigenvalue weighted by atomic mass is 16.5. The summed E-state index contributed by atoms with van der Waals surface area (Å²) in [7, 11) is 1.52. The molecule has 5 heteroatoms. The number of amides is 1. The molecule has 0 aromatic heterocycles. The van der Waals surface area contributed by atoms with E-state index in [9.17, 15) is 9.59 Å². The summed E-state index contributed by atoms with van der Waals surface area (Å²) in [6.45, 7) is 4.81. The van der Waals surface area contributed by atoms with Crippen LogP contribution in [0.1, 0.15) is 51.5 Å². The molecule has 1 saturated heterocycles. The Morgan fingerprint density at radius 2 is 1.75 bits per heavy atom. The number of nitrogens with zero attached hydrogens (tertiary/aromatic N) is 2. The van der Waals surface area contributed by atoms with Crippen LogP contribution in [-0.2, 0) is 20.9 Å². The van der Waals surface area contributed by atoms with Gasteiger partial charge in [-0.25, -0.2) is 0 Å². The molecule has 5 fully saturated rings. The lowest BCUT2D eigenvalue weighted by atomic mass is 9.47. The number of ether oxygens (including phenoxy) is 1. The van der Waals surface area contributed by atoms with E-state index >= 15 is 0 Å². The van der Waals surface area contributed by atoms with Gasteiger partial charge in [-0.1, -0.05) is 30.3 Å².